The number of fused-ring (bicyclic) bond motifs is 1. The van der Waals surface area contributed by atoms with Gasteiger partial charge in [0.05, 0.1) is 17.4 Å². The zero-order valence-corrected chi connectivity index (χ0v) is 8.92. The van der Waals surface area contributed by atoms with Crippen LogP contribution in [0.5, 0.6) is 0 Å². The van der Waals surface area contributed by atoms with Gasteiger partial charge in [-0.05, 0) is 12.1 Å². The van der Waals surface area contributed by atoms with Crippen LogP contribution in [0.15, 0.2) is 48.9 Å². The molecule has 0 spiro atoms. The van der Waals surface area contributed by atoms with Crippen LogP contribution in [0, 0.1) is 0 Å². The second kappa shape index (κ2) is 3.79. The van der Waals surface area contributed by atoms with Gasteiger partial charge < -0.3 is 5.32 Å². The highest BCUT2D eigenvalue weighted by atomic mass is 16.2. The standard InChI is InChI=1S/C12H10N4O/c17-12-13-5-6-16(15-12)10-7-9-3-1-2-4-11(9)14-8-10/h1-8H,(H2,13,15,17). The van der Waals surface area contributed by atoms with Gasteiger partial charge in [-0.15, -0.1) is 0 Å². The Labute approximate surface area is 97.7 Å². The van der Waals surface area contributed by atoms with Crippen molar-refractivity contribution in [3.05, 3.63) is 48.9 Å². The molecule has 2 amide bonds. The molecule has 0 bridgehead atoms. The fourth-order valence-electron chi connectivity index (χ4n) is 1.71. The molecule has 2 aromatic rings. The van der Waals surface area contributed by atoms with Crippen molar-refractivity contribution in [3.63, 3.8) is 0 Å². The van der Waals surface area contributed by atoms with Crippen molar-refractivity contribution in [2.75, 3.05) is 5.01 Å². The van der Waals surface area contributed by atoms with Gasteiger partial charge in [-0.2, -0.15) is 0 Å². The van der Waals surface area contributed by atoms with E-state index in [4.69, 9.17) is 0 Å². The van der Waals surface area contributed by atoms with E-state index >= 15 is 0 Å². The van der Waals surface area contributed by atoms with Gasteiger partial charge >= 0.3 is 6.03 Å². The number of hydrogen-bond acceptors (Lipinski definition) is 3. The number of rotatable bonds is 1. The number of hydrogen-bond donors (Lipinski definition) is 2. The fraction of sp³-hybridized carbons (Fsp3) is 0. The lowest BCUT2D eigenvalue weighted by Gasteiger charge is -2.24. The van der Waals surface area contributed by atoms with Gasteiger partial charge in [-0.25, -0.2) is 10.2 Å². The molecule has 2 N–H and O–H groups in total. The largest absolute Gasteiger partial charge is 0.337 e. The van der Waals surface area contributed by atoms with E-state index in [1.54, 1.807) is 23.6 Å². The Morgan fingerprint density at radius 1 is 1.24 bits per heavy atom. The molecule has 1 aliphatic heterocycles. The number of anilines is 1. The second-order valence-electron chi connectivity index (χ2n) is 3.66. The van der Waals surface area contributed by atoms with Crippen molar-refractivity contribution >= 4 is 22.6 Å². The molecule has 1 aromatic heterocycles. The number of hydrazine groups is 1. The molecular formula is C12H10N4O. The van der Waals surface area contributed by atoms with E-state index in [2.05, 4.69) is 15.7 Å². The van der Waals surface area contributed by atoms with E-state index < -0.39 is 0 Å². The minimum absolute atomic E-state index is 0.263. The van der Waals surface area contributed by atoms with E-state index in [-0.39, 0.29) is 6.03 Å². The minimum atomic E-state index is -0.263. The van der Waals surface area contributed by atoms with Gasteiger partial charge in [-0.3, -0.25) is 9.99 Å². The van der Waals surface area contributed by atoms with Crippen molar-refractivity contribution in [1.82, 2.24) is 15.7 Å². The first kappa shape index (κ1) is 9.65. The third-order valence-electron chi connectivity index (χ3n) is 2.51. The van der Waals surface area contributed by atoms with E-state index in [1.165, 1.54) is 0 Å². The fourth-order valence-corrected chi connectivity index (χ4v) is 1.71. The Morgan fingerprint density at radius 3 is 3.00 bits per heavy atom. The molecule has 0 unspecified atom stereocenters. The lowest BCUT2D eigenvalue weighted by molar-refractivity contribution is 0.243. The Bertz CT molecular complexity index is 608. The number of carbonyl (C=O) groups is 1. The number of nitrogens with zero attached hydrogens (tertiary/aromatic N) is 2. The summed E-state index contributed by atoms with van der Waals surface area (Å²) in [6, 6.07) is 9.55. The van der Waals surface area contributed by atoms with Crippen LogP contribution in [-0.2, 0) is 0 Å². The van der Waals surface area contributed by atoms with Crippen LogP contribution in [-0.4, -0.2) is 11.0 Å². The molecule has 0 aliphatic carbocycles. The summed E-state index contributed by atoms with van der Waals surface area (Å²) in [5.74, 6) is 0. The van der Waals surface area contributed by atoms with E-state index in [1.807, 2.05) is 30.3 Å². The third-order valence-corrected chi connectivity index (χ3v) is 2.51. The van der Waals surface area contributed by atoms with Crippen LogP contribution in [0.4, 0.5) is 10.5 Å². The van der Waals surface area contributed by atoms with Crippen LogP contribution in [0.2, 0.25) is 0 Å². The molecule has 0 saturated heterocycles. The predicted molar refractivity (Wildman–Crippen MR) is 65.0 cm³/mol. The summed E-state index contributed by atoms with van der Waals surface area (Å²) >= 11 is 0. The number of pyridine rings is 1. The van der Waals surface area contributed by atoms with Crippen molar-refractivity contribution in [2.24, 2.45) is 0 Å². The van der Waals surface area contributed by atoms with Gasteiger partial charge in [-0.1, -0.05) is 18.2 Å². The molecule has 0 radical (unpaired) electrons. The van der Waals surface area contributed by atoms with E-state index in [0.29, 0.717) is 0 Å². The van der Waals surface area contributed by atoms with Crippen molar-refractivity contribution in [1.29, 1.82) is 0 Å². The molecule has 3 rings (SSSR count). The summed E-state index contributed by atoms with van der Waals surface area (Å²) in [6.45, 7) is 0. The van der Waals surface area contributed by atoms with Crippen molar-refractivity contribution in [2.45, 2.75) is 0 Å². The molecule has 1 aliphatic rings. The molecular weight excluding hydrogens is 216 g/mol. The van der Waals surface area contributed by atoms with Crippen LogP contribution < -0.4 is 15.8 Å². The smallest absolute Gasteiger partial charge is 0.312 e. The normalized spacial score (nSPS) is 14.6. The first-order valence-electron chi connectivity index (χ1n) is 5.21. The highest BCUT2D eigenvalue weighted by Crippen LogP contribution is 2.19. The highest BCUT2D eigenvalue weighted by molar-refractivity contribution is 5.84. The first-order chi connectivity index (χ1) is 8.33. The number of amides is 2. The SMILES string of the molecule is O=C1NC=CN(c2cnc3ccccc3c2)N1. The number of benzene rings is 1. The third kappa shape index (κ3) is 1.78. The van der Waals surface area contributed by atoms with Crippen LogP contribution in [0.3, 0.4) is 0 Å². The Morgan fingerprint density at radius 2 is 2.12 bits per heavy atom. The number of aromatic nitrogens is 1. The van der Waals surface area contributed by atoms with Gasteiger partial charge in [0.1, 0.15) is 0 Å². The van der Waals surface area contributed by atoms with Gasteiger partial charge in [0.2, 0.25) is 0 Å². The van der Waals surface area contributed by atoms with Crippen molar-refractivity contribution in [3.8, 4) is 0 Å². The Balaban J connectivity index is 2.03. The second-order valence-corrected chi connectivity index (χ2v) is 3.66. The Hall–Kier alpha value is -2.56. The molecule has 5 nitrogen and oxygen atoms in total. The van der Waals surface area contributed by atoms with Crippen molar-refractivity contribution < 1.29 is 4.79 Å². The quantitative estimate of drug-likeness (QED) is 0.778. The summed E-state index contributed by atoms with van der Waals surface area (Å²) < 4.78 is 0. The molecule has 1 aromatic carbocycles. The average Bonchev–Trinajstić information content (AvgIpc) is 2.38. The average molecular weight is 226 g/mol. The molecule has 84 valence electrons. The minimum Gasteiger partial charge on any atom is -0.312 e. The summed E-state index contributed by atoms with van der Waals surface area (Å²) in [5.41, 5.74) is 4.40. The summed E-state index contributed by atoms with van der Waals surface area (Å²) in [4.78, 5) is 15.5. The van der Waals surface area contributed by atoms with Crippen LogP contribution in [0.25, 0.3) is 10.9 Å². The lowest BCUT2D eigenvalue weighted by atomic mass is 10.2. The van der Waals surface area contributed by atoms with E-state index in [0.717, 1.165) is 16.6 Å². The molecule has 17 heavy (non-hydrogen) atoms. The monoisotopic (exact) mass is 226 g/mol. The maximum Gasteiger partial charge on any atom is 0.337 e. The first-order valence-corrected chi connectivity index (χ1v) is 5.21. The highest BCUT2D eigenvalue weighted by Gasteiger charge is 2.11. The number of nitrogens with one attached hydrogen (secondary N) is 2. The van der Waals surface area contributed by atoms with E-state index in [9.17, 15) is 4.79 Å². The molecule has 0 atom stereocenters. The Kier molecular flexibility index (Phi) is 2.15. The lowest BCUT2D eigenvalue weighted by Crippen LogP contribution is -2.47. The molecule has 0 fully saturated rings. The summed E-state index contributed by atoms with van der Waals surface area (Å²) in [7, 11) is 0. The van der Waals surface area contributed by atoms with Gasteiger partial charge in [0.25, 0.3) is 0 Å². The predicted octanol–water partition coefficient (Wildman–Crippen LogP) is 1.74. The molecule has 0 saturated carbocycles. The maximum atomic E-state index is 11.2. The van der Waals surface area contributed by atoms with Gasteiger partial charge in [0, 0.05) is 17.8 Å². The maximum absolute atomic E-state index is 11.2. The number of urea groups is 1. The summed E-state index contributed by atoms with van der Waals surface area (Å²) in [5, 5.41) is 5.18. The van der Waals surface area contributed by atoms with Crippen LogP contribution in [0.1, 0.15) is 0 Å². The zero-order valence-electron chi connectivity index (χ0n) is 8.92. The topological polar surface area (TPSA) is 57.3 Å². The van der Waals surface area contributed by atoms with Crippen LogP contribution >= 0.6 is 0 Å². The molecule has 2 heterocycles. The zero-order chi connectivity index (χ0) is 11.7. The number of carbonyl (C=O) groups excluding carboxylic acids is 1. The van der Waals surface area contributed by atoms with Gasteiger partial charge in [0.15, 0.2) is 0 Å². The summed E-state index contributed by atoms with van der Waals surface area (Å²) in [6.07, 6.45) is 5.03. The number of para-hydroxylation sites is 1. The molecule has 5 heteroatoms.